The van der Waals surface area contributed by atoms with E-state index in [9.17, 15) is 13.2 Å². The van der Waals surface area contributed by atoms with Gasteiger partial charge in [0.1, 0.15) is 0 Å². The Hall–Kier alpha value is -1.05. The predicted molar refractivity (Wildman–Crippen MR) is 89.3 cm³/mol. The number of carbonyl (C=O) groups is 1. The van der Waals surface area contributed by atoms with Gasteiger partial charge < -0.3 is 4.90 Å². The van der Waals surface area contributed by atoms with Gasteiger partial charge in [0.15, 0.2) is 0 Å². The Labute approximate surface area is 136 Å². The third kappa shape index (κ3) is 4.47. The average molecular weight is 342 g/mol. The number of piperidine rings is 1. The molecule has 1 saturated heterocycles. The molecule has 1 unspecified atom stereocenters. The zero-order chi connectivity index (χ0) is 16.3. The van der Waals surface area contributed by atoms with Crippen LogP contribution in [0.3, 0.4) is 0 Å². The average Bonchev–Trinajstić information content (AvgIpc) is 2.47. The van der Waals surface area contributed by atoms with Crippen molar-refractivity contribution in [2.75, 3.05) is 18.8 Å². The number of nitrogens with zero attached hydrogens (tertiary/aromatic N) is 1. The van der Waals surface area contributed by atoms with Gasteiger partial charge in [-0.05, 0) is 38.3 Å². The standard InChI is InChI=1S/C15H22N2O3S2/c1-11-5-6-12(2)14(8-11)21-10-15(18)17-7-3-4-13(9-17)22(16,19)20/h5-6,8,13H,3-4,7,9-10H2,1-2H3,(H2,16,19,20). The Balaban J connectivity index is 1.96. The molecule has 2 rings (SSSR count). The summed E-state index contributed by atoms with van der Waals surface area (Å²) in [7, 11) is -3.57. The van der Waals surface area contributed by atoms with Gasteiger partial charge in [-0.2, -0.15) is 0 Å². The molecule has 1 amide bonds. The summed E-state index contributed by atoms with van der Waals surface area (Å²) in [6.45, 7) is 4.86. The fraction of sp³-hybridized carbons (Fsp3) is 0.533. The Morgan fingerprint density at radius 1 is 1.41 bits per heavy atom. The highest BCUT2D eigenvalue weighted by atomic mass is 32.2. The fourth-order valence-corrected chi connectivity index (χ4v) is 4.44. The minimum Gasteiger partial charge on any atom is -0.341 e. The van der Waals surface area contributed by atoms with E-state index in [-0.39, 0.29) is 12.5 Å². The van der Waals surface area contributed by atoms with Gasteiger partial charge in [-0.25, -0.2) is 13.6 Å². The van der Waals surface area contributed by atoms with Crippen molar-refractivity contribution in [3.63, 3.8) is 0 Å². The molecular formula is C15H22N2O3S2. The van der Waals surface area contributed by atoms with E-state index in [2.05, 4.69) is 6.07 Å². The number of primary sulfonamides is 1. The van der Waals surface area contributed by atoms with Crippen molar-refractivity contribution in [3.05, 3.63) is 29.3 Å². The number of hydrogen-bond donors (Lipinski definition) is 1. The minimum absolute atomic E-state index is 0.0285. The summed E-state index contributed by atoms with van der Waals surface area (Å²) in [5.41, 5.74) is 2.30. The van der Waals surface area contributed by atoms with Crippen LogP contribution in [0.15, 0.2) is 23.1 Å². The van der Waals surface area contributed by atoms with Crippen LogP contribution in [0.2, 0.25) is 0 Å². The number of nitrogens with two attached hydrogens (primary N) is 1. The van der Waals surface area contributed by atoms with Crippen LogP contribution in [0.1, 0.15) is 24.0 Å². The molecule has 0 radical (unpaired) electrons. The van der Waals surface area contributed by atoms with Crippen molar-refractivity contribution in [2.45, 2.75) is 36.8 Å². The first-order chi connectivity index (χ1) is 10.3. The number of sulfonamides is 1. The monoisotopic (exact) mass is 342 g/mol. The molecule has 0 saturated carbocycles. The first kappa shape index (κ1) is 17.3. The summed E-state index contributed by atoms with van der Waals surface area (Å²) < 4.78 is 22.9. The van der Waals surface area contributed by atoms with Crippen LogP contribution >= 0.6 is 11.8 Å². The Kier molecular flexibility index (Phi) is 5.52. The van der Waals surface area contributed by atoms with Crippen LogP contribution in [-0.4, -0.2) is 43.3 Å². The molecule has 1 aromatic carbocycles. The molecule has 1 aliphatic heterocycles. The quantitative estimate of drug-likeness (QED) is 0.844. The molecule has 1 heterocycles. The number of aryl methyl sites for hydroxylation is 2. The second-order valence-corrected chi connectivity index (χ2v) is 8.61. The van der Waals surface area contributed by atoms with Crippen molar-refractivity contribution in [2.24, 2.45) is 5.14 Å². The molecule has 0 bridgehead atoms. The normalized spacial score (nSPS) is 19.2. The summed E-state index contributed by atoms with van der Waals surface area (Å²) in [6.07, 6.45) is 1.22. The van der Waals surface area contributed by atoms with Gasteiger partial charge in [0.05, 0.1) is 11.0 Å². The predicted octanol–water partition coefficient (Wildman–Crippen LogP) is 1.68. The highest BCUT2D eigenvalue weighted by molar-refractivity contribution is 8.00. The largest absolute Gasteiger partial charge is 0.341 e. The summed E-state index contributed by atoms with van der Waals surface area (Å²) in [5.74, 6) is 0.293. The first-order valence-corrected chi connectivity index (χ1v) is 9.86. The second kappa shape index (κ2) is 7.02. The minimum atomic E-state index is -3.57. The third-order valence-electron chi connectivity index (χ3n) is 3.89. The summed E-state index contributed by atoms with van der Waals surface area (Å²) in [5, 5.41) is 4.57. The Bertz CT molecular complexity index is 659. The van der Waals surface area contributed by atoms with E-state index >= 15 is 0 Å². The number of likely N-dealkylation sites (tertiary alicyclic amines) is 1. The van der Waals surface area contributed by atoms with Crippen molar-refractivity contribution in [1.82, 2.24) is 4.90 Å². The maximum absolute atomic E-state index is 12.3. The Morgan fingerprint density at radius 3 is 2.82 bits per heavy atom. The van der Waals surface area contributed by atoms with Gasteiger partial charge in [0, 0.05) is 18.0 Å². The van der Waals surface area contributed by atoms with Crippen LogP contribution in [0.25, 0.3) is 0 Å². The SMILES string of the molecule is Cc1ccc(C)c(SCC(=O)N2CCCC(S(N)(=O)=O)C2)c1. The van der Waals surface area contributed by atoms with Crippen LogP contribution < -0.4 is 5.14 Å². The van der Waals surface area contributed by atoms with E-state index in [0.717, 1.165) is 16.0 Å². The smallest absolute Gasteiger partial charge is 0.232 e. The molecule has 1 fully saturated rings. The molecule has 122 valence electrons. The molecule has 0 aromatic heterocycles. The van der Waals surface area contributed by atoms with Gasteiger partial charge in [0.25, 0.3) is 0 Å². The zero-order valence-electron chi connectivity index (χ0n) is 12.9. The first-order valence-electron chi connectivity index (χ1n) is 7.27. The second-order valence-electron chi connectivity index (χ2n) is 5.75. The van der Waals surface area contributed by atoms with Gasteiger partial charge in [0.2, 0.25) is 15.9 Å². The van der Waals surface area contributed by atoms with Crippen LogP contribution in [0.4, 0.5) is 0 Å². The molecule has 0 spiro atoms. The lowest BCUT2D eigenvalue weighted by molar-refractivity contribution is -0.129. The molecule has 7 heteroatoms. The molecule has 1 atom stereocenters. The molecule has 2 N–H and O–H groups in total. The van der Waals surface area contributed by atoms with Gasteiger partial charge >= 0.3 is 0 Å². The van der Waals surface area contributed by atoms with Crippen molar-refractivity contribution < 1.29 is 13.2 Å². The van der Waals surface area contributed by atoms with E-state index in [0.29, 0.717) is 25.1 Å². The molecule has 5 nitrogen and oxygen atoms in total. The van der Waals surface area contributed by atoms with E-state index < -0.39 is 15.3 Å². The molecule has 1 aliphatic rings. The lowest BCUT2D eigenvalue weighted by Gasteiger charge is -2.31. The number of thioether (sulfide) groups is 1. The summed E-state index contributed by atoms with van der Waals surface area (Å²) in [6, 6.07) is 6.15. The number of carbonyl (C=O) groups excluding carboxylic acids is 1. The number of hydrogen-bond acceptors (Lipinski definition) is 4. The molecule has 1 aromatic rings. The fourth-order valence-electron chi connectivity index (χ4n) is 2.53. The third-order valence-corrected chi connectivity index (χ3v) is 6.35. The van der Waals surface area contributed by atoms with Crippen molar-refractivity contribution in [3.8, 4) is 0 Å². The Morgan fingerprint density at radius 2 is 2.14 bits per heavy atom. The van der Waals surface area contributed by atoms with E-state index in [1.807, 2.05) is 26.0 Å². The lowest BCUT2D eigenvalue weighted by Crippen LogP contribution is -2.47. The molecule has 0 aliphatic carbocycles. The van der Waals surface area contributed by atoms with E-state index in [1.165, 1.54) is 11.8 Å². The van der Waals surface area contributed by atoms with E-state index in [4.69, 9.17) is 5.14 Å². The maximum atomic E-state index is 12.3. The highest BCUT2D eigenvalue weighted by Gasteiger charge is 2.30. The van der Waals surface area contributed by atoms with Crippen LogP contribution in [0, 0.1) is 13.8 Å². The van der Waals surface area contributed by atoms with Crippen LogP contribution in [0.5, 0.6) is 0 Å². The van der Waals surface area contributed by atoms with Gasteiger partial charge in [-0.15, -0.1) is 11.8 Å². The lowest BCUT2D eigenvalue weighted by atomic mass is 10.1. The topological polar surface area (TPSA) is 80.5 Å². The number of amides is 1. The maximum Gasteiger partial charge on any atom is 0.232 e. The molecule has 22 heavy (non-hydrogen) atoms. The highest BCUT2D eigenvalue weighted by Crippen LogP contribution is 2.24. The summed E-state index contributed by atoms with van der Waals surface area (Å²) in [4.78, 5) is 15.0. The zero-order valence-corrected chi connectivity index (χ0v) is 14.5. The van der Waals surface area contributed by atoms with Crippen molar-refractivity contribution >= 4 is 27.7 Å². The number of benzene rings is 1. The number of rotatable bonds is 4. The van der Waals surface area contributed by atoms with Gasteiger partial charge in [-0.3, -0.25) is 4.79 Å². The molecular weight excluding hydrogens is 320 g/mol. The summed E-state index contributed by atoms with van der Waals surface area (Å²) >= 11 is 1.50. The van der Waals surface area contributed by atoms with Crippen molar-refractivity contribution in [1.29, 1.82) is 0 Å². The van der Waals surface area contributed by atoms with E-state index in [1.54, 1.807) is 4.90 Å². The van der Waals surface area contributed by atoms with Crippen LogP contribution in [-0.2, 0) is 14.8 Å². The van der Waals surface area contributed by atoms with Gasteiger partial charge in [-0.1, -0.05) is 17.7 Å².